The van der Waals surface area contributed by atoms with Gasteiger partial charge < -0.3 is 15.2 Å². The van der Waals surface area contributed by atoms with E-state index in [1.54, 1.807) is 24.3 Å². The Bertz CT molecular complexity index is 1170. The molecule has 162 valence electrons. The summed E-state index contributed by atoms with van der Waals surface area (Å²) in [6, 6.07) is 15.7. The smallest absolute Gasteiger partial charge is 0.330 e. The number of carbonyl (C=O) groups excluding carboxylic acids is 1. The van der Waals surface area contributed by atoms with Gasteiger partial charge in [0.25, 0.3) is 11.5 Å². The molecule has 1 heterocycles. The third-order valence-electron chi connectivity index (χ3n) is 4.75. The molecule has 0 unspecified atom stereocenters. The van der Waals surface area contributed by atoms with E-state index in [0.29, 0.717) is 11.3 Å². The molecule has 0 aliphatic rings. The maximum absolute atomic E-state index is 13.3. The number of anilines is 2. The van der Waals surface area contributed by atoms with Crippen LogP contribution >= 0.6 is 0 Å². The minimum Gasteiger partial charge on any atom is -0.497 e. The molecule has 9 heteroatoms. The van der Waals surface area contributed by atoms with Gasteiger partial charge in [-0.05, 0) is 23.8 Å². The monoisotopic (exact) mass is 424 g/mol. The largest absolute Gasteiger partial charge is 0.497 e. The number of nitrogens with one attached hydrogen (secondary N) is 1. The number of aromatic amines is 1. The highest BCUT2D eigenvalue weighted by Gasteiger charge is 2.25. The van der Waals surface area contributed by atoms with E-state index in [9.17, 15) is 14.4 Å². The predicted octanol–water partition coefficient (Wildman–Crippen LogP) is 1.47. The van der Waals surface area contributed by atoms with Gasteiger partial charge in [-0.3, -0.25) is 24.0 Å². The Morgan fingerprint density at radius 3 is 2.52 bits per heavy atom. The number of benzene rings is 2. The number of carbonyl (C=O) groups is 1. The van der Waals surface area contributed by atoms with Gasteiger partial charge in [0.05, 0.1) is 20.3 Å². The molecule has 1 amide bonds. The number of aromatic nitrogens is 2. The molecule has 0 radical (unpaired) electrons. The molecule has 0 saturated heterocycles. The lowest BCUT2D eigenvalue weighted by Crippen LogP contribution is -2.42. The van der Waals surface area contributed by atoms with Gasteiger partial charge >= 0.3 is 5.69 Å². The summed E-state index contributed by atoms with van der Waals surface area (Å²) in [5, 5.41) is 0. The first-order valence-corrected chi connectivity index (χ1v) is 9.57. The van der Waals surface area contributed by atoms with Crippen LogP contribution in [-0.4, -0.2) is 42.8 Å². The molecule has 0 fully saturated rings. The fourth-order valence-corrected chi connectivity index (χ4v) is 3.17. The molecule has 0 aliphatic heterocycles. The van der Waals surface area contributed by atoms with E-state index in [2.05, 4.69) is 4.98 Å². The molecule has 0 bridgehead atoms. The number of hydrogen-bond donors (Lipinski definition) is 2. The number of H-pyrrole nitrogens is 1. The van der Waals surface area contributed by atoms with Crippen LogP contribution in [0.15, 0.2) is 64.2 Å². The number of ether oxygens (including phenoxy) is 2. The van der Waals surface area contributed by atoms with Crippen LogP contribution in [0.2, 0.25) is 0 Å². The van der Waals surface area contributed by atoms with Crippen molar-refractivity contribution in [3.05, 3.63) is 86.6 Å². The minimum absolute atomic E-state index is 0.0589. The Morgan fingerprint density at radius 1 is 1.10 bits per heavy atom. The van der Waals surface area contributed by atoms with Crippen LogP contribution in [0.25, 0.3) is 0 Å². The highest BCUT2D eigenvalue weighted by atomic mass is 16.5. The summed E-state index contributed by atoms with van der Waals surface area (Å²) in [4.78, 5) is 42.0. The molecule has 0 saturated carbocycles. The minimum atomic E-state index is -0.751. The average molecular weight is 424 g/mol. The highest BCUT2D eigenvalue weighted by Crippen LogP contribution is 2.22. The number of rotatable bonds is 8. The zero-order valence-corrected chi connectivity index (χ0v) is 17.3. The van der Waals surface area contributed by atoms with Gasteiger partial charge in [-0.1, -0.05) is 36.4 Å². The molecule has 0 spiro atoms. The lowest BCUT2D eigenvalue weighted by Gasteiger charge is -2.24. The maximum atomic E-state index is 13.3. The van der Waals surface area contributed by atoms with E-state index >= 15 is 0 Å². The van der Waals surface area contributed by atoms with Gasteiger partial charge in [0.1, 0.15) is 11.6 Å². The molecule has 2 aromatic carbocycles. The van der Waals surface area contributed by atoms with E-state index in [1.165, 1.54) is 23.7 Å². The SMILES string of the molecule is COCCN(C(=O)c1cccc(OC)c1)c1c(N)n(Cc2ccccc2)c(=O)[nH]c1=O. The summed E-state index contributed by atoms with van der Waals surface area (Å²) < 4.78 is 11.5. The first-order valence-electron chi connectivity index (χ1n) is 9.57. The third kappa shape index (κ3) is 4.84. The van der Waals surface area contributed by atoms with Crippen molar-refractivity contribution in [1.29, 1.82) is 0 Å². The van der Waals surface area contributed by atoms with Crippen molar-refractivity contribution in [2.45, 2.75) is 6.54 Å². The molecular formula is C22H24N4O5. The third-order valence-corrected chi connectivity index (χ3v) is 4.75. The summed E-state index contributed by atoms with van der Waals surface area (Å²) in [7, 11) is 2.98. The quantitative estimate of drug-likeness (QED) is 0.565. The van der Waals surface area contributed by atoms with E-state index in [1.807, 2.05) is 30.3 Å². The zero-order chi connectivity index (χ0) is 22.4. The van der Waals surface area contributed by atoms with Gasteiger partial charge in [0, 0.05) is 19.2 Å². The second-order valence-electron chi connectivity index (χ2n) is 6.75. The first-order chi connectivity index (χ1) is 15.0. The Labute approximate surface area is 178 Å². The number of hydrogen-bond acceptors (Lipinski definition) is 6. The summed E-state index contributed by atoms with van der Waals surface area (Å²) in [5.41, 5.74) is 5.86. The lowest BCUT2D eigenvalue weighted by atomic mass is 10.1. The van der Waals surface area contributed by atoms with Crippen LogP contribution in [0.3, 0.4) is 0 Å². The van der Waals surface area contributed by atoms with E-state index in [4.69, 9.17) is 15.2 Å². The van der Waals surface area contributed by atoms with E-state index < -0.39 is 17.2 Å². The van der Waals surface area contributed by atoms with Crippen LogP contribution in [-0.2, 0) is 11.3 Å². The second kappa shape index (κ2) is 9.77. The molecule has 9 nitrogen and oxygen atoms in total. The zero-order valence-electron chi connectivity index (χ0n) is 17.3. The van der Waals surface area contributed by atoms with Crippen molar-refractivity contribution in [2.75, 3.05) is 38.0 Å². The number of nitrogens with two attached hydrogens (primary N) is 1. The average Bonchev–Trinajstić information content (AvgIpc) is 2.79. The van der Waals surface area contributed by atoms with Crippen molar-refractivity contribution in [1.82, 2.24) is 9.55 Å². The summed E-state index contributed by atoms with van der Waals surface area (Å²) >= 11 is 0. The number of methoxy groups -OCH3 is 2. The Kier molecular flexibility index (Phi) is 6.88. The van der Waals surface area contributed by atoms with E-state index in [-0.39, 0.29) is 31.2 Å². The van der Waals surface area contributed by atoms with Gasteiger partial charge in [-0.15, -0.1) is 0 Å². The molecule has 3 N–H and O–H groups in total. The number of amides is 1. The van der Waals surface area contributed by atoms with Crippen molar-refractivity contribution >= 4 is 17.4 Å². The van der Waals surface area contributed by atoms with Gasteiger partial charge in [-0.25, -0.2) is 4.79 Å². The van der Waals surface area contributed by atoms with Crippen LogP contribution in [0.5, 0.6) is 5.75 Å². The molecule has 31 heavy (non-hydrogen) atoms. The maximum Gasteiger partial charge on any atom is 0.330 e. The Morgan fingerprint density at radius 2 is 1.84 bits per heavy atom. The highest BCUT2D eigenvalue weighted by molar-refractivity contribution is 6.07. The summed E-state index contributed by atoms with van der Waals surface area (Å²) in [5.74, 6) is -0.0866. The van der Waals surface area contributed by atoms with Crippen molar-refractivity contribution < 1.29 is 14.3 Å². The lowest BCUT2D eigenvalue weighted by molar-refractivity contribution is 0.0975. The van der Waals surface area contributed by atoms with Crippen molar-refractivity contribution in [2.24, 2.45) is 0 Å². The molecule has 1 aromatic heterocycles. The molecule has 0 atom stereocenters. The summed E-state index contributed by atoms with van der Waals surface area (Å²) in [6.07, 6.45) is 0. The van der Waals surface area contributed by atoms with Crippen molar-refractivity contribution in [3.8, 4) is 5.75 Å². The molecule has 3 rings (SSSR count). The first kappa shape index (κ1) is 21.8. The van der Waals surface area contributed by atoms with Crippen molar-refractivity contribution in [3.63, 3.8) is 0 Å². The van der Waals surface area contributed by atoms with Gasteiger partial charge in [0.15, 0.2) is 5.69 Å². The normalized spacial score (nSPS) is 10.6. The second-order valence-corrected chi connectivity index (χ2v) is 6.75. The van der Waals surface area contributed by atoms with Gasteiger partial charge in [-0.2, -0.15) is 0 Å². The van der Waals surface area contributed by atoms with Crippen LogP contribution < -0.4 is 26.6 Å². The fourth-order valence-electron chi connectivity index (χ4n) is 3.17. The molecular weight excluding hydrogens is 400 g/mol. The van der Waals surface area contributed by atoms with Crippen LogP contribution in [0, 0.1) is 0 Å². The Balaban J connectivity index is 2.10. The van der Waals surface area contributed by atoms with E-state index in [0.717, 1.165) is 5.56 Å². The van der Waals surface area contributed by atoms with Gasteiger partial charge in [0.2, 0.25) is 0 Å². The standard InChI is InChI=1S/C22H24N4O5/c1-30-12-11-25(21(28)16-9-6-10-17(13-16)31-2)18-19(23)26(22(29)24-20(18)27)14-15-7-4-3-5-8-15/h3-10,13H,11-12,14,23H2,1-2H3,(H,24,27,29). The molecule has 0 aliphatic carbocycles. The van der Waals surface area contributed by atoms with Crippen LogP contribution in [0.1, 0.15) is 15.9 Å². The summed E-state index contributed by atoms with van der Waals surface area (Å²) in [6.45, 7) is 0.358. The predicted molar refractivity (Wildman–Crippen MR) is 118 cm³/mol. The Hall–Kier alpha value is -3.85. The molecule has 3 aromatic rings. The van der Waals surface area contributed by atoms with Crippen LogP contribution in [0.4, 0.5) is 11.5 Å². The number of nitrogens with zero attached hydrogens (tertiary/aromatic N) is 2. The fraction of sp³-hybridized carbons (Fsp3) is 0.227. The number of nitrogen functional groups attached to an aromatic ring is 1. The topological polar surface area (TPSA) is 120 Å².